The molecule has 1 unspecified atom stereocenters. The third-order valence-electron chi connectivity index (χ3n) is 4.40. The first-order chi connectivity index (χ1) is 11.5. The van der Waals surface area contributed by atoms with E-state index in [4.69, 9.17) is 0 Å². The number of amides is 1. The molecule has 2 rings (SSSR count). The first kappa shape index (κ1) is 18.6. The monoisotopic (exact) mass is 340 g/mol. The zero-order chi connectivity index (χ0) is 17.4. The SMILES string of the molecule is CC1CCCCN1CCCNC(=O)Cc1ccc(OC(F)F)cc1. The Morgan fingerprint density at radius 1 is 1.33 bits per heavy atom. The molecule has 1 heterocycles. The van der Waals surface area contributed by atoms with Crippen LogP contribution in [0.4, 0.5) is 8.78 Å². The van der Waals surface area contributed by atoms with Gasteiger partial charge in [0.15, 0.2) is 0 Å². The highest BCUT2D eigenvalue weighted by Gasteiger charge is 2.17. The van der Waals surface area contributed by atoms with Gasteiger partial charge in [-0.15, -0.1) is 0 Å². The second kappa shape index (κ2) is 9.57. The number of nitrogens with one attached hydrogen (secondary N) is 1. The zero-order valence-corrected chi connectivity index (χ0v) is 14.1. The fraction of sp³-hybridized carbons (Fsp3) is 0.611. The molecule has 1 aromatic carbocycles. The molecular formula is C18H26F2N2O2. The van der Waals surface area contributed by atoms with Crippen LogP contribution in [-0.4, -0.2) is 43.1 Å². The molecule has 1 atom stereocenters. The molecule has 1 aliphatic rings. The van der Waals surface area contributed by atoms with Gasteiger partial charge in [-0.25, -0.2) is 0 Å². The highest BCUT2D eigenvalue weighted by atomic mass is 19.3. The first-order valence-electron chi connectivity index (χ1n) is 8.59. The Hall–Kier alpha value is -1.69. The summed E-state index contributed by atoms with van der Waals surface area (Å²) in [5, 5.41) is 2.92. The predicted molar refractivity (Wildman–Crippen MR) is 89.3 cm³/mol. The molecule has 1 aromatic rings. The topological polar surface area (TPSA) is 41.6 Å². The van der Waals surface area contributed by atoms with Gasteiger partial charge in [0.05, 0.1) is 6.42 Å². The van der Waals surface area contributed by atoms with E-state index >= 15 is 0 Å². The molecule has 1 N–H and O–H groups in total. The lowest BCUT2D eigenvalue weighted by Crippen LogP contribution is -2.39. The molecule has 0 spiro atoms. The van der Waals surface area contributed by atoms with E-state index in [-0.39, 0.29) is 18.1 Å². The van der Waals surface area contributed by atoms with Gasteiger partial charge in [0.2, 0.25) is 5.91 Å². The summed E-state index contributed by atoms with van der Waals surface area (Å²) in [5.41, 5.74) is 0.777. The van der Waals surface area contributed by atoms with Gasteiger partial charge in [0, 0.05) is 19.1 Å². The molecular weight excluding hydrogens is 314 g/mol. The largest absolute Gasteiger partial charge is 0.435 e. The van der Waals surface area contributed by atoms with Crippen molar-refractivity contribution in [1.29, 1.82) is 0 Å². The third-order valence-corrected chi connectivity index (χ3v) is 4.40. The van der Waals surface area contributed by atoms with E-state index in [0.717, 1.165) is 25.1 Å². The maximum absolute atomic E-state index is 12.1. The Labute approximate surface area is 142 Å². The van der Waals surface area contributed by atoms with Gasteiger partial charge in [-0.3, -0.25) is 4.79 Å². The van der Waals surface area contributed by atoms with Crippen LogP contribution in [0.15, 0.2) is 24.3 Å². The van der Waals surface area contributed by atoms with Gasteiger partial charge in [-0.2, -0.15) is 8.78 Å². The number of alkyl halides is 2. The Bertz CT molecular complexity index is 508. The lowest BCUT2D eigenvalue weighted by Gasteiger charge is -2.33. The number of ether oxygens (including phenoxy) is 1. The van der Waals surface area contributed by atoms with Crippen LogP contribution in [-0.2, 0) is 11.2 Å². The lowest BCUT2D eigenvalue weighted by molar-refractivity contribution is -0.120. The number of nitrogens with zero attached hydrogens (tertiary/aromatic N) is 1. The average molecular weight is 340 g/mol. The fourth-order valence-electron chi connectivity index (χ4n) is 3.04. The molecule has 0 aromatic heterocycles. The summed E-state index contributed by atoms with van der Waals surface area (Å²) in [4.78, 5) is 14.4. The van der Waals surface area contributed by atoms with Crippen molar-refractivity contribution in [2.45, 2.75) is 51.7 Å². The molecule has 24 heavy (non-hydrogen) atoms. The molecule has 1 aliphatic heterocycles. The predicted octanol–water partition coefficient (Wildman–Crippen LogP) is 3.21. The van der Waals surface area contributed by atoms with E-state index in [1.54, 1.807) is 12.1 Å². The van der Waals surface area contributed by atoms with Crippen LogP contribution in [0.1, 0.15) is 38.2 Å². The minimum Gasteiger partial charge on any atom is -0.435 e. The number of carbonyl (C=O) groups is 1. The van der Waals surface area contributed by atoms with Gasteiger partial charge in [-0.05, 0) is 50.4 Å². The molecule has 1 saturated heterocycles. The maximum atomic E-state index is 12.1. The Kier molecular flexibility index (Phi) is 7.43. The molecule has 4 nitrogen and oxygen atoms in total. The molecule has 0 radical (unpaired) electrons. The number of hydrogen-bond donors (Lipinski definition) is 1. The van der Waals surface area contributed by atoms with Gasteiger partial charge in [0.1, 0.15) is 5.75 Å². The van der Waals surface area contributed by atoms with E-state index in [0.29, 0.717) is 12.6 Å². The second-order valence-electron chi connectivity index (χ2n) is 6.28. The van der Waals surface area contributed by atoms with Gasteiger partial charge in [-0.1, -0.05) is 18.6 Å². The third kappa shape index (κ3) is 6.43. The maximum Gasteiger partial charge on any atom is 0.387 e. The van der Waals surface area contributed by atoms with Crippen molar-refractivity contribution in [3.63, 3.8) is 0 Å². The molecule has 0 saturated carbocycles. The van der Waals surface area contributed by atoms with Crippen LogP contribution in [0.5, 0.6) is 5.75 Å². The number of carbonyl (C=O) groups excluding carboxylic acids is 1. The Morgan fingerprint density at radius 2 is 2.08 bits per heavy atom. The summed E-state index contributed by atoms with van der Waals surface area (Å²) in [7, 11) is 0. The molecule has 6 heteroatoms. The van der Waals surface area contributed by atoms with Crippen molar-refractivity contribution >= 4 is 5.91 Å². The standard InChI is InChI=1S/C18H26F2N2O2/c1-14-5-2-3-11-22(14)12-4-10-21-17(23)13-15-6-8-16(9-7-15)24-18(19)20/h6-9,14,18H,2-5,10-13H2,1H3,(H,21,23). The quantitative estimate of drug-likeness (QED) is 0.739. The van der Waals surface area contributed by atoms with Crippen LogP contribution in [0, 0.1) is 0 Å². The number of benzene rings is 1. The van der Waals surface area contributed by atoms with Gasteiger partial charge < -0.3 is 15.0 Å². The highest BCUT2D eigenvalue weighted by Crippen LogP contribution is 2.16. The van der Waals surface area contributed by atoms with Crippen molar-refractivity contribution in [2.24, 2.45) is 0 Å². The van der Waals surface area contributed by atoms with Crippen molar-refractivity contribution in [3.05, 3.63) is 29.8 Å². The summed E-state index contributed by atoms with van der Waals surface area (Å²) in [6.07, 6.45) is 5.03. The smallest absolute Gasteiger partial charge is 0.387 e. The van der Waals surface area contributed by atoms with Crippen molar-refractivity contribution < 1.29 is 18.3 Å². The molecule has 0 bridgehead atoms. The van der Waals surface area contributed by atoms with E-state index < -0.39 is 6.61 Å². The summed E-state index contributed by atoms with van der Waals surface area (Å²) < 4.78 is 28.4. The summed E-state index contributed by atoms with van der Waals surface area (Å²) in [5.74, 6) is 0.0500. The van der Waals surface area contributed by atoms with Gasteiger partial charge in [0.25, 0.3) is 0 Å². The molecule has 1 amide bonds. The van der Waals surface area contributed by atoms with E-state index in [9.17, 15) is 13.6 Å². The minimum absolute atomic E-state index is 0.0516. The van der Waals surface area contributed by atoms with E-state index in [2.05, 4.69) is 21.9 Å². The second-order valence-corrected chi connectivity index (χ2v) is 6.28. The number of likely N-dealkylation sites (tertiary alicyclic amines) is 1. The summed E-state index contributed by atoms with van der Waals surface area (Å²) in [6, 6.07) is 6.81. The van der Waals surface area contributed by atoms with E-state index in [1.807, 2.05) is 0 Å². The molecule has 134 valence electrons. The minimum atomic E-state index is -2.83. The summed E-state index contributed by atoms with van der Waals surface area (Å²) >= 11 is 0. The number of hydrogen-bond acceptors (Lipinski definition) is 3. The lowest BCUT2D eigenvalue weighted by atomic mass is 10.0. The van der Waals surface area contributed by atoms with Crippen LogP contribution < -0.4 is 10.1 Å². The van der Waals surface area contributed by atoms with Crippen LogP contribution in [0.3, 0.4) is 0 Å². The Morgan fingerprint density at radius 3 is 2.75 bits per heavy atom. The van der Waals surface area contributed by atoms with Gasteiger partial charge >= 0.3 is 6.61 Å². The van der Waals surface area contributed by atoms with Crippen LogP contribution in [0.25, 0.3) is 0 Å². The van der Waals surface area contributed by atoms with E-state index in [1.165, 1.54) is 31.4 Å². The number of halogens is 2. The van der Waals surface area contributed by atoms with Crippen LogP contribution >= 0.6 is 0 Å². The van der Waals surface area contributed by atoms with Crippen molar-refractivity contribution in [1.82, 2.24) is 10.2 Å². The normalized spacial score (nSPS) is 18.6. The average Bonchev–Trinajstić information content (AvgIpc) is 2.54. The molecule has 1 fully saturated rings. The highest BCUT2D eigenvalue weighted by molar-refractivity contribution is 5.78. The number of rotatable bonds is 8. The fourth-order valence-corrected chi connectivity index (χ4v) is 3.04. The first-order valence-corrected chi connectivity index (χ1v) is 8.59. The molecule has 0 aliphatic carbocycles. The summed E-state index contributed by atoms with van der Waals surface area (Å²) in [6.45, 7) is 2.26. The Balaban J connectivity index is 1.64. The van der Waals surface area contributed by atoms with Crippen LogP contribution in [0.2, 0.25) is 0 Å². The van der Waals surface area contributed by atoms with Crippen molar-refractivity contribution in [2.75, 3.05) is 19.6 Å². The van der Waals surface area contributed by atoms with Crippen molar-refractivity contribution in [3.8, 4) is 5.75 Å². The number of piperidine rings is 1. The zero-order valence-electron chi connectivity index (χ0n) is 14.1.